The summed E-state index contributed by atoms with van der Waals surface area (Å²) in [6.07, 6.45) is -18.3. The predicted octanol–water partition coefficient (Wildman–Crippen LogP) is 6.66. The fourth-order valence-corrected chi connectivity index (χ4v) is 4.13. The average Bonchev–Trinajstić information content (AvgIpc) is 3.25. The summed E-state index contributed by atoms with van der Waals surface area (Å²) >= 11 is 0. The molecular weight excluding hydrogens is 529 g/mol. The first-order valence-corrected chi connectivity index (χ1v) is 11.0. The fraction of sp³-hybridized carbons (Fsp3) is 0.545. The Kier molecular flexibility index (Phi) is 7.97. The average molecular weight is 550 g/mol. The van der Waals surface area contributed by atoms with Gasteiger partial charge >= 0.3 is 18.5 Å². The van der Waals surface area contributed by atoms with Crippen molar-refractivity contribution in [3.8, 4) is 0 Å². The van der Waals surface area contributed by atoms with Crippen LogP contribution in [0.5, 0.6) is 0 Å². The number of rotatable bonds is 7. The van der Waals surface area contributed by atoms with Gasteiger partial charge in [-0.3, -0.25) is 0 Å². The molecule has 1 saturated heterocycles. The highest BCUT2D eigenvalue weighted by atomic mass is 19.4. The minimum atomic E-state index is -5.35. The Hall–Kier alpha value is -2.71. The summed E-state index contributed by atoms with van der Waals surface area (Å²) in [5.74, 6) is -0.538. The van der Waals surface area contributed by atoms with Gasteiger partial charge in [0.1, 0.15) is 11.1 Å². The molecule has 0 aliphatic carbocycles. The van der Waals surface area contributed by atoms with E-state index in [0.717, 1.165) is 11.1 Å². The largest absolute Gasteiger partial charge is 0.416 e. The maximum absolute atomic E-state index is 14.3. The maximum atomic E-state index is 14.3. The van der Waals surface area contributed by atoms with Gasteiger partial charge in [-0.05, 0) is 43.1 Å². The fourth-order valence-electron chi connectivity index (χ4n) is 4.13. The molecule has 1 fully saturated rings. The molecule has 15 heteroatoms. The standard InChI is InChI=1S/C22H21F11N4/c1-2-4-34-9-12-10-35-18(36-16(12)17(23)24)37-5-3-19(11-37,22(31,32)33)13-6-14(20(25,26)27)8-15(7-13)21(28,29)30/h6-8,10,17,34H,2-5,9,11H2,1H3. The van der Waals surface area contributed by atoms with Crippen molar-refractivity contribution in [2.75, 3.05) is 24.5 Å². The summed E-state index contributed by atoms with van der Waals surface area (Å²) in [5.41, 5.74) is -8.92. The number of aromatic nitrogens is 2. The van der Waals surface area contributed by atoms with Gasteiger partial charge in [0.15, 0.2) is 0 Å². The molecule has 0 spiro atoms. The smallest absolute Gasteiger partial charge is 0.340 e. The van der Waals surface area contributed by atoms with E-state index in [2.05, 4.69) is 15.3 Å². The third-order valence-electron chi connectivity index (χ3n) is 6.07. The highest BCUT2D eigenvalue weighted by Crippen LogP contribution is 2.50. The van der Waals surface area contributed by atoms with Crippen LogP contribution in [-0.2, 0) is 24.3 Å². The van der Waals surface area contributed by atoms with Crippen molar-refractivity contribution in [2.24, 2.45) is 0 Å². The molecule has 0 bridgehead atoms. The molecule has 2 aromatic rings. The summed E-state index contributed by atoms with van der Waals surface area (Å²) in [5, 5.41) is 2.87. The van der Waals surface area contributed by atoms with Crippen LogP contribution in [0.15, 0.2) is 24.4 Å². The topological polar surface area (TPSA) is 41.1 Å². The quantitative estimate of drug-likeness (QED) is 0.309. The summed E-state index contributed by atoms with van der Waals surface area (Å²) in [4.78, 5) is 8.37. The molecule has 0 amide bonds. The van der Waals surface area contributed by atoms with Crippen LogP contribution in [0.2, 0.25) is 0 Å². The van der Waals surface area contributed by atoms with Gasteiger partial charge < -0.3 is 10.2 Å². The second kappa shape index (κ2) is 10.2. The molecule has 1 unspecified atom stereocenters. The molecule has 1 aliphatic heterocycles. The number of hydrogen-bond donors (Lipinski definition) is 1. The van der Waals surface area contributed by atoms with Crippen molar-refractivity contribution in [2.45, 2.75) is 56.7 Å². The number of nitrogens with one attached hydrogen (secondary N) is 1. The molecule has 4 nitrogen and oxygen atoms in total. The summed E-state index contributed by atoms with van der Waals surface area (Å²) in [6.45, 7) is 0.577. The number of anilines is 1. The van der Waals surface area contributed by atoms with Crippen LogP contribution in [0, 0.1) is 0 Å². The Labute approximate surface area is 203 Å². The van der Waals surface area contributed by atoms with Crippen LogP contribution in [0.25, 0.3) is 0 Å². The lowest BCUT2D eigenvalue weighted by Gasteiger charge is -2.33. The zero-order valence-corrected chi connectivity index (χ0v) is 19.1. The van der Waals surface area contributed by atoms with E-state index in [0.29, 0.717) is 13.0 Å². The first kappa shape index (κ1) is 28.9. The van der Waals surface area contributed by atoms with Crippen molar-refractivity contribution in [3.05, 3.63) is 52.3 Å². The molecule has 0 saturated carbocycles. The molecule has 1 aliphatic rings. The summed E-state index contributed by atoms with van der Waals surface area (Å²) in [7, 11) is 0. The Morgan fingerprint density at radius 3 is 2.05 bits per heavy atom. The highest BCUT2D eigenvalue weighted by molar-refractivity contribution is 5.45. The van der Waals surface area contributed by atoms with E-state index in [9.17, 15) is 48.3 Å². The molecule has 2 heterocycles. The van der Waals surface area contributed by atoms with Gasteiger partial charge in [0.05, 0.1) is 11.1 Å². The van der Waals surface area contributed by atoms with E-state index >= 15 is 0 Å². The Morgan fingerprint density at radius 1 is 0.973 bits per heavy atom. The number of halogens is 11. The Morgan fingerprint density at radius 2 is 1.57 bits per heavy atom. The molecule has 3 rings (SSSR count). The maximum Gasteiger partial charge on any atom is 0.416 e. The lowest BCUT2D eigenvalue weighted by atomic mass is 9.77. The third-order valence-corrected chi connectivity index (χ3v) is 6.07. The van der Waals surface area contributed by atoms with E-state index in [1.54, 1.807) is 0 Å². The molecule has 206 valence electrons. The first-order chi connectivity index (χ1) is 17.0. The predicted molar refractivity (Wildman–Crippen MR) is 110 cm³/mol. The van der Waals surface area contributed by atoms with E-state index in [1.807, 2.05) is 6.92 Å². The van der Waals surface area contributed by atoms with Crippen molar-refractivity contribution < 1.29 is 48.3 Å². The van der Waals surface area contributed by atoms with E-state index < -0.39 is 78.2 Å². The number of alkyl halides is 11. The third kappa shape index (κ3) is 6.07. The SMILES string of the molecule is CCCNCc1cnc(N2CCC(c3cc(C(F)(F)F)cc(C(F)(F)F)c3)(C(F)(F)F)C2)nc1C(F)F. The lowest BCUT2D eigenvalue weighted by Crippen LogP contribution is -2.45. The van der Waals surface area contributed by atoms with E-state index in [4.69, 9.17) is 0 Å². The molecule has 1 N–H and O–H groups in total. The monoisotopic (exact) mass is 550 g/mol. The van der Waals surface area contributed by atoms with Crippen LogP contribution in [-0.4, -0.2) is 35.8 Å². The number of nitrogens with zero attached hydrogens (tertiary/aromatic N) is 3. The summed E-state index contributed by atoms with van der Waals surface area (Å²) < 4.78 is 150. The van der Waals surface area contributed by atoms with Gasteiger partial charge in [-0.25, -0.2) is 18.7 Å². The molecule has 37 heavy (non-hydrogen) atoms. The van der Waals surface area contributed by atoms with Crippen molar-refractivity contribution >= 4 is 5.95 Å². The van der Waals surface area contributed by atoms with Crippen molar-refractivity contribution in [1.29, 1.82) is 0 Å². The van der Waals surface area contributed by atoms with Crippen LogP contribution in [0.1, 0.15) is 54.1 Å². The van der Waals surface area contributed by atoms with Gasteiger partial charge in [0.25, 0.3) is 6.43 Å². The van der Waals surface area contributed by atoms with E-state index in [-0.39, 0.29) is 30.3 Å². The minimum absolute atomic E-state index is 0.00109. The van der Waals surface area contributed by atoms with Gasteiger partial charge in [0, 0.05) is 31.4 Å². The Balaban J connectivity index is 2.06. The van der Waals surface area contributed by atoms with Gasteiger partial charge in [-0.15, -0.1) is 0 Å². The molecule has 1 aromatic carbocycles. The first-order valence-electron chi connectivity index (χ1n) is 11.0. The minimum Gasteiger partial charge on any atom is -0.340 e. The lowest BCUT2D eigenvalue weighted by molar-refractivity contribution is -0.185. The van der Waals surface area contributed by atoms with Crippen LogP contribution >= 0.6 is 0 Å². The van der Waals surface area contributed by atoms with Crippen LogP contribution < -0.4 is 10.2 Å². The zero-order valence-electron chi connectivity index (χ0n) is 19.1. The zero-order chi connectivity index (χ0) is 27.8. The normalized spacial score (nSPS) is 19.2. The van der Waals surface area contributed by atoms with Gasteiger partial charge in [0.2, 0.25) is 5.95 Å². The number of benzene rings is 1. The molecule has 1 aromatic heterocycles. The summed E-state index contributed by atoms with van der Waals surface area (Å²) in [6, 6.07) is -0.177. The Bertz CT molecular complexity index is 1060. The highest BCUT2D eigenvalue weighted by Gasteiger charge is 2.60. The second-order valence-electron chi connectivity index (χ2n) is 8.60. The molecule has 0 radical (unpaired) electrons. The van der Waals surface area contributed by atoms with Crippen LogP contribution in [0.4, 0.5) is 54.2 Å². The van der Waals surface area contributed by atoms with Crippen molar-refractivity contribution in [1.82, 2.24) is 15.3 Å². The van der Waals surface area contributed by atoms with Crippen LogP contribution in [0.3, 0.4) is 0 Å². The number of hydrogen-bond acceptors (Lipinski definition) is 4. The van der Waals surface area contributed by atoms with Gasteiger partial charge in [-0.2, -0.15) is 39.5 Å². The molecule has 1 atom stereocenters. The second-order valence-corrected chi connectivity index (χ2v) is 8.60. The molecular formula is C22H21F11N4. The van der Waals surface area contributed by atoms with E-state index in [1.165, 1.54) is 0 Å². The van der Waals surface area contributed by atoms with Crippen molar-refractivity contribution in [3.63, 3.8) is 0 Å². The van der Waals surface area contributed by atoms with Gasteiger partial charge in [-0.1, -0.05) is 6.92 Å².